The molecule has 9 heteroatoms. The van der Waals surface area contributed by atoms with E-state index in [-0.39, 0.29) is 11.3 Å². The van der Waals surface area contributed by atoms with Crippen molar-refractivity contribution in [2.24, 2.45) is 0 Å². The van der Waals surface area contributed by atoms with Crippen molar-refractivity contribution in [2.75, 3.05) is 4.72 Å². The van der Waals surface area contributed by atoms with Crippen LogP contribution in [0.4, 0.5) is 18.9 Å². The van der Waals surface area contributed by atoms with Gasteiger partial charge < -0.3 is 5.11 Å². The second-order valence-corrected chi connectivity index (χ2v) is 8.45. The Morgan fingerprint density at radius 2 is 1.52 bits per heavy atom. The molecule has 0 fully saturated rings. The molecule has 0 aromatic heterocycles. The Balaban J connectivity index is 1.75. The smallest absolute Gasteiger partial charge is 0.417 e. The maximum Gasteiger partial charge on any atom is 0.417 e. The lowest BCUT2D eigenvalue weighted by Gasteiger charge is -2.14. The maximum atomic E-state index is 13.2. The zero-order valence-electron chi connectivity index (χ0n) is 16.1. The molecule has 0 spiro atoms. The van der Waals surface area contributed by atoms with Gasteiger partial charge in [0, 0.05) is 5.69 Å². The number of aryl methyl sites for hydroxylation is 2. The molecule has 31 heavy (non-hydrogen) atoms. The summed E-state index contributed by atoms with van der Waals surface area (Å²) in [6, 6.07) is 16.8. The van der Waals surface area contributed by atoms with Gasteiger partial charge in [-0.25, -0.2) is 13.2 Å². The number of benzene rings is 3. The first-order valence-electron chi connectivity index (χ1n) is 9.16. The van der Waals surface area contributed by atoms with E-state index in [1.165, 1.54) is 24.3 Å². The first kappa shape index (κ1) is 22.4. The molecule has 3 rings (SSSR count). The number of sulfonamides is 1. The largest absolute Gasteiger partial charge is 0.478 e. The van der Waals surface area contributed by atoms with Gasteiger partial charge in [-0.05, 0) is 60.4 Å². The monoisotopic (exact) mass is 449 g/mol. The fraction of sp³-hybridized carbons (Fsp3) is 0.136. The van der Waals surface area contributed by atoms with Crippen LogP contribution in [0.5, 0.6) is 0 Å². The van der Waals surface area contributed by atoms with Crippen molar-refractivity contribution in [3.05, 3.63) is 95.1 Å². The molecule has 0 amide bonds. The van der Waals surface area contributed by atoms with Gasteiger partial charge in [-0.1, -0.05) is 36.4 Å². The fourth-order valence-electron chi connectivity index (χ4n) is 3.04. The van der Waals surface area contributed by atoms with E-state index < -0.39 is 32.6 Å². The normalized spacial score (nSPS) is 11.8. The number of alkyl halides is 3. The van der Waals surface area contributed by atoms with Crippen LogP contribution in [0.15, 0.2) is 77.7 Å². The summed E-state index contributed by atoms with van der Waals surface area (Å²) < 4.78 is 67.0. The minimum Gasteiger partial charge on any atom is -0.478 e. The number of nitrogens with one attached hydrogen (secondary N) is 1. The number of hydrogen-bond donors (Lipinski definition) is 2. The lowest BCUT2D eigenvalue weighted by molar-refractivity contribution is -0.139. The first-order chi connectivity index (χ1) is 14.6. The molecule has 0 aliphatic carbocycles. The minimum atomic E-state index is -4.80. The summed E-state index contributed by atoms with van der Waals surface area (Å²) in [5.74, 6) is -1.02. The van der Waals surface area contributed by atoms with Crippen molar-refractivity contribution in [3.63, 3.8) is 0 Å². The summed E-state index contributed by atoms with van der Waals surface area (Å²) in [6.45, 7) is 0. The zero-order chi connectivity index (χ0) is 22.6. The number of rotatable bonds is 7. The van der Waals surface area contributed by atoms with E-state index >= 15 is 0 Å². The fourth-order valence-corrected chi connectivity index (χ4v) is 4.32. The van der Waals surface area contributed by atoms with Gasteiger partial charge in [0.2, 0.25) is 0 Å². The van der Waals surface area contributed by atoms with E-state index in [1.807, 2.05) is 0 Å². The molecule has 162 valence electrons. The van der Waals surface area contributed by atoms with Crippen molar-refractivity contribution < 1.29 is 31.5 Å². The first-order valence-corrected chi connectivity index (χ1v) is 10.6. The topological polar surface area (TPSA) is 83.5 Å². The van der Waals surface area contributed by atoms with Crippen LogP contribution in [-0.4, -0.2) is 19.5 Å². The van der Waals surface area contributed by atoms with Crippen LogP contribution in [0.25, 0.3) is 0 Å². The summed E-state index contributed by atoms with van der Waals surface area (Å²) in [5.41, 5.74) is 0.764. The minimum absolute atomic E-state index is 0.149. The van der Waals surface area contributed by atoms with Crippen LogP contribution in [0.2, 0.25) is 0 Å². The SMILES string of the molecule is O=C(O)c1ccc(CCc2cccc(NS(=O)(=O)c3ccccc3C(F)(F)F)c2)cc1. The predicted octanol–water partition coefficient (Wildman–Crippen LogP) is 4.99. The highest BCUT2D eigenvalue weighted by Crippen LogP contribution is 2.34. The highest BCUT2D eigenvalue weighted by molar-refractivity contribution is 7.92. The average molecular weight is 449 g/mol. The molecule has 0 radical (unpaired) electrons. The molecule has 5 nitrogen and oxygen atoms in total. The maximum absolute atomic E-state index is 13.2. The molecule has 3 aromatic rings. The highest BCUT2D eigenvalue weighted by atomic mass is 32.2. The van der Waals surface area contributed by atoms with Crippen molar-refractivity contribution in [1.82, 2.24) is 0 Å². The molecule has 0 saturated carbocycles. The second-order valence-electron chi connectivity index (χ2n) is 6.80. The van der Waals surface area contributed by atoms with Gasteiger partial charge in [-0.2, -0.15) is 13.2 Å². The zero-order valence-corrected chi connectivity index (χ0v) is 16.9. The highest BCUT2D eigenvalue weighted by Gasteiger charge is 2.36. The summed E-state index contributed by atoms with van der Waals surface area (Å²) in [6.07, 6.45) is -3.70. The Morgan fingerprint density at radius 1 is 0.871 bits per heavy atom. The third-order valence-corrected chi connectivity index (χ3v) is 6.00. The van der Waals surface area contributed by atoms with Crippen LogP contribution < -0.4 is 4.72 Å². The van der Waals surface area contributed by atoms with E-state index in [1.54, 1.807) is 30.3 Å². The molecule has 0 bridgehead atoms. The summed E-state index contributed by atoms with van der Waals surface area (Å²) in [4.78, 5) is 10.1. The van der Waals surface area contributed by atoms with Crippen LogP contribution in [0.1, 0.15) is 27.0 Å². The van der Waals surface area contributed by atoms with Crippen molar-refractivity contribution in [3.8, 4) is 0 Å². The van der Waals surface area contributed by atoms with Gasteiger partial charge in [-0.3, -0.25) is 4.72 Å². The molecule has 0 aliphatic rings. The molecule has 3 aromatic carbocycles. The number of hydrogen-bond acceptors (Lipinski definition) is 3. The van der Waals surface area contributed by atoms with Gasteiger partial charge in [0.25, 0.3) is 10.0 Å². The van der Waals surface area contributed by atoms with E-state index in [9.17, 15) is 26.4 Å². The number of anilines is 1. The number of aromatic carboxylic acids is 1. The van der Waals surface area contributed by atoms with Crippen LogP contribution in [0, 0.1) is 0 Å². The second kappa shape index (κ2) is 8.81. The Kier molecular flexibility index (Phi) is 6.35. The molecule has 0 saturated heterocycles. The van der Waals surface area contributed by atoms with Gasteiger partial charge in [0.05, 0.1) is 16.0 Å². The lowest BCUT2D eigenvalue weighted by atomic mass is 10.0. The standard InChI is InChI=1S/C22H18F3NO4S/c23-22(24,25)19-6-1-2-7-20(19)31(29,30)26-18-5-3-4-16(14-18)9-8-15-10-12-17(13-11-15)21(27)28/h1-7,10-14,26H,8-9H2,(H,27,28). The van der Waals surface area contributed by atoms with Crippen molar-refractivity contribution in [2.45, 2.75) is 23.9 Å². The summed E-state index contributed by atoms with van der Waals surface area (Å²) >= 11 is 0. The average Bonchev–Trinajstić information content (AvgIpc) is 2.72. The molecule has 0 atom stereocenters. The Bertz CT molecular complexity index is 1190. The van der Waals surface area contributed by atoms with Gasteiger partial charge in [0.1, 0.15) is 0 Å². The van der Waals surface area contributed by atoms with Gasteiger partial charge >= 0.3 is 12.1 Å². The Hall–Kier alpha value is -3.33. The van der Waals surface area contributed by atoms with E-state index in [0.717, 1.165) is 29.3 Å². The quantitative estimate of drug-likeness (QED) is 0.532. The number of carboxylic acid groups (broad SMARTS) is 1. The summed E-state index contributed by atoms with van der Waals surface area (Å²) in [5, 5.41) is 8.93. The molecule has 0 heterocycles. The lowest BCUT2D eigenvalue weighted by Crippen LogP contribution is -2.18. The Morgan fingerprint density at radius 3 is 2.16 bits per heavy atom. The third kappa shape index (κ3) is 5.64. The van der Waals surface area contributed by atoms with E-state index in [2.05, 4.69) is 4.72 Å². The predicted molar refractivity (Wildman–Crippen MR) is 110 cm³/mol. The molecule has 0 unspecified atom stereocenters. The molecule has 2 N–H and O–H groups in total. The number of halogens is 3. The van der Waals surface area contributed by atoms with Crippen LogP contribution in [-0.2, 0) is 29.0 Å². The molecular weight excluding hydrogens is 431 g/mol. The molecular formula is C22H18F3NO4S. The van der Waals surface area contributed by atoms with Crippen LogP contribution in [0.3, 0.4) is 0 Å². The van der Waals surface area contributed by atoms with Gasteiger partial charge in [-0.15, -0.1) is 0 Å². The van der Waals surface area contributed by atoms with Crippen molar-refractivity contribution in [1.29, 1.82) is 0 Å². The van der Waals surface area contributed by atoms with Crippen molar-refractivity contribution >= 4 is 21.7 Å². The third-order valence-electron chi connectivity index (χ3n) is 4.56. The number of carboxylic acids is 1. The Labute approximate surface area is 177 Å². The van der Waals surface area contributed by atoms with Crippen LogP contribution >= 0.6 is 0 Å². The molecule has 0 aliphatic heterocycles. The summed E-state index contributed by atoms with van der Waals surface area (Å²) in [7, 11) is -4.45. The van der Waals surface area contributed by atoms with E-state index in [4.69, 9.17) is 5.11 Å². The van der Waals surface area contributed by atoms with Gasteiger partial charge in [0.15, 0.2) is 0 Å². The number of carbonyl (C=O) groups is 1. The van der Waals surface area contributed by atoms with E-state index in [0.29, 0.717) is 12.8 Å².